The number of hydrogen-bond acceptors (Lipinski definition) is 1. The first-order chi connectivity index (χ1) is 6.50. The van der Waals surface area contributed by atoms with E-state index >= 15 is 0 Å². The quantitative estimate of drug-likeness (QED) is 0.631. The van der Waals surface area contributed by atoms with Crippen LogP contribution in [-0.2, 0) is 4.79 Å². The van der Waals surface area contributed by atoms with E-state index in [1.54, 1.807) is 0 Å². The van der Waals surface area contributed by atoms with E-state index in [1.165, 1.54) is 6.08 Å². The van der Waals surface area contributed by atoms with Gasteiger partial charge < -0.3 is 5.11 Å². The largest absolute Gasteiger partial charge is 0.478 e. The Hall–Kier alpha value is -1.06. The summed E-state index contributed by atoms with van der Waals surface area (Å²) in [5, 5.41) is 8.53. The van der Waals surface area contributed by atoms with E-state index in [-0.39, 0.29) is 15.6 Å². The molecular weight excluding hydrogens is 230 g/mol. The van der Waals surface area contributed by atoms with Crippen molar-refractivity contribution in [2.24, 2.45) is 0 Å². The minimum atomic E-state index is -1.14. The van der Waals surface area contributed by atoms with E-state index in [1.807, 2.05) is 0 Å². The molecule has 1 rings (SSSR count). The fourth-order valence-corrected chi connectivity index (χ4v) is 1.24. The van der Waals surface area contributed by atoms with Gasteiger partial charge in [0.05, 0.1) is 10.0 Å². The number of halogens is 3. The van der Waals surface area contributed by atoms with Crippen molar-refractivity contribution in [2.75, 3.05) is 0 Å². The zero-order valence-electron chi connectivity index (χ0n) is 6.80. The summed E-state index contributed by atoms with van der Waals surface area (Å²) >= 11 is 11.3. The van der Waals surface area contributed by atoms with Crippen molar-refractivity contribution in [3.8, 4) is 0 Å². The fourth-order valence-electron chi connectivity index (χ4n) is 0.858. The van der Waals surface area contributed by atoms with Gasteiger partial charge in [0, 0.05) is 6.08 Å². The van der Waals surface area contributed by atoms with E-state index in [2.05, 4.69) is 0 Å². The van der Waals surface area contributed by atoms with Gasteiger partial charge in [-0.05, 0) is 23.8 Å². The standard InChI is InChI=1S/C9H5Cl2FO2/c10-7-4-6(12)3-5(9(7)11)1-2-8(13)14/h1-4H,(H,13,14)/b2-1+. The Morgan fingerprint density at radius 3 is 2.64 bits per heavy atom. The summed E-state index contributed by atoms with van der Waals surface area (Å²) in [6.45, 7) is 0. The number of aliphatic carboxylic acids is 1. The van der Waals surface area contributed by atoms with Crippen molar-refractivity contribution < 1.29 is 14.3 Å². The van der Waals surface area contributed by atoms with Gasteiger partial charge in [-0.3, -0.25) is 0 Å². The first-order valence-electron chi connectivity index (χ1n) is 3.56. The Morgan fingerprint density at radius 1 is 1.43 bits per heavy atom. The number of hydrogen-bond donors (Lipinski definition) is 1. The second-order valence-corrected chi connectivity index (χ2v) is 3.25. The predicted molar refractivity (Wildman–Crippen MR) is 53.1 cm³/mol. The van der Waals surface area contributed by atoms with Crippen LogP contribution in [0.2, 0.25) is 10.0 Å². The minimum Gasteiger partial charge on any atom is -0.478 e. The molecule has 74 valence electrons. The van der Waals surface area contributed by atoms with Gasteiger partial charge in [0.15, 0.2) is 0 Å². The Bertz CT molecular complexity index is 402. The van der Waals surface area contributed by atoms with Gasteiger partial charge in [-0.2, -0.15) is 0 Å². The van der Waals surface area contributed by atoms with Crippen molar-refractivity contribution >= 4 is 35.2 Å². The average Bonchev–Trinajstić information content (AvgIpc) is 2.08. The summed E-state index contributed by atoms with van der Waals surface area (Å²) in [6.07, 6.45) is 2.04. The highest BCUT2D eigenvalue weighted by atomic mass is 35.5. The van der Waals surface area contributed by atoms with Crippen LogP contribution in [0.1, 0.15) is 5.56 Å². The lowest BCUT2D eigenvalue weighted by atomic mass is 10.2. The second-order valence-electron chi connectivity index (χ2n) is 2.46. The molecule has 0 unspecified atom stereocenters. The topological polar surface area (TPSA) is 37.3 Å². The molecule has 1 aromatic carbocycles. The van der Waals surface area contributed by atoms with Crippen LogP contribution in [0, 0.1) is 5.82 Å². The van der Waals surface area contributed by atoms with Crippen LogP contribution in [0.25, 0.3) is 6.08 Å². The monoisotopic (exact) mass is 234 g/mol. The molecule has 5 heteroatoms. The van der Waals surface area contributed by atoms with E-state index in [0.29, 0.717) is 0 Å². The van der Waals surface area contributed by atoms with Gasteiger partial charge in [-0.15, -0.1) is 0 Å². The van der Waals surface area contributed by atoms with E-state index in [4.69, 9.17) is 28.3 Å². The highest BCUT2D eigenvalue weighted by Gasteiger charge is 2.05. The Morgan fingerprint density at radius 2 is 2.07 bits per heavy atom. The molecule has 0 aliphatic rings. The van der Waals surface area contributed by atoms with Gasteiger partial charge in [-0.25, -0.2) is 9.18 Å². The third-order valence-corrected chi connectivity index (χ3v) is 2.24. The Kier molecular flexibility index (Phi) is 3.49. The normalized spacial score (nSPS) is 10.8. The molecule has 1 aromatic rings. The zero-order chi connectivity index (χ0) is 10.7. The van der Waals surface area contributed by atoms with Crippen LogP contribution >= 0.6 is 23.2 Å². The van der Waals surface area contributed by atoms with Crippen molar-refractivity contribution in [1.82, 2.24) is 0 Å². The smallest absolute Gasteiger partial charge is 0.328 e. The van der Waals surface area contributed by atoms with Gasteiger partial charge in [0.1, 0.15) is 5.82 Å². The fraction of sp³-hybridized carbons (Fsp3) is 0. The molecule has 0 bridgehead atoms. The van der Waals surface area contributed by atoms with Crippen LogP contribution in [0.5, 0.6) is 0 Å². The zero-order valence-corrected chi connectivity index (χ0v) is 8.31. The first-order valence-corrected chi connectivity index (χ1v) is 4.32. The van der Waals surface area contributed by atoms with Crippen molar-refractivity contribution in [3.63, 3.8) is 0 Å². The molecule has 1 N–H and O–H groups in total. The van der Waals surface area contributed by atoms with Crippen LogP contribution in [0.3, 0.4) is 0 Å². The van der Waals surface area contributed by atoms with Gasteiger partial charge in [0.2, 0.25) is 0 Å². The second kappa shape index (κ2) is 4.44. The van der Waals surface area contributed by atoms with Gasteiger partial charge >= 0.3 is 5.97 Å². The van der Waals surface area contributed by atoms with E-state index in [0.717, 1.165) is 18.2 Å². The molecule has 0 aliphatic heterocycles. The van der Waals surface area contributed by atoms with E-state index in [9.17, 15) is 9.18 Å². The van der Waals surface area contributed by atoms with Crippen LogP contribution < -0.4 is 0 Å². The molecule has 0 heterocycles. The maximum absolute atomic E-state index is 12.8. The van der Waals surface area contributed by atoms with E-state index < -0.39 is 11.8 Å². The molecule has 14 heavy (non-hydrogen) atoms. The summed E-state index contributed by atoms with van der Waals surface area (Å²) in [4.78, 5) is 10.2. The van der Waals surface area contributed by atoms with Crippen LogP contribution in [0.15, 0.2) is 18.2 Å². The number of benzene rings is 1. The third-order valence-electron chi connectivity index (χ3n) is 1.43. The maximum Gasteiger partial charge on any atom is 0.328 e. The summed E-state index contributed by atoms with van der Waals surface area (Å²) in [6, 6.07) is 2.16. The molecule has 0 amide bonds. The van der Waals surface area contributed by atoms with Gasteiger partial charge in [-0.1, -0.05) is 23.2 Å². The number of rotatable bonds is 2. The van der Waals surface area contributed by atoms with Crippen molar-refractivity contribution in [1.29, 1.82) is 0 Å². The summed E-state index contributed by atoms with van der Waals surface area (Å²) in [7, 11) is 0. The lowest BCUT2D eigenvalue weighted by Gasteiger charge is -2.00. The molecule has 0 atom stereocenters. The lowest BCUT2D eigenvalue weighted by molar-refractivity contribution is -0.131. The van der Waals surface area contributed by atoms with Crippen LogP contribution in [0.4, 0.5) is 4.39 Å². The number of carbonyl (C=O) groups is 1. The van der Waals surface area contributed by atoms with Crippen molar-refractivity contribution in [2.45, 2.75) is 0 Å². The first kappa shape index (κ1) is 11.0. The molecule has 0 spiro atoms. The highest BCUT2D eigenvalue weighted by Crippen LogP contribution is 2.27. The van der Waals surface area contributed by atoms with Gasteiger partial charge in [0.25, 0.3) is 0 Å². The molecule has 0 saturated heterocycles. The van der Waals surface area contributed by atoms with Crippen molar-refractivity contribution in [3.05, 3.63) is 39.6 Å². The maximum atomic E-state index is 12.8. The molecule has 2 nitrogen and oxygen atoms in total. The SMILES string of the molecule is O=C(O)/C=C/c1cc(F)cc(Cl)c1Cl. The number of carboxylic acid groups (broad SMARTS) is 1. The molecular formula is C9H5Cl2FO2. The molecule has 0 radical (unpaired) electrons. The molecule has 0 fully saturated rings. The molecule has 0 aliphatic carbocycles. The summed E-state index contributed by atoms with van der Waals surface area (Å²) in [5.41, 5.74) is 0.235. The highest BCUT2D eigenvalue weighted by molar-refractivity contribution is 6.42. The summed E-state index contributed by atoms with van der Waals surface area (Å²) < 4.78 is 12.8. The predicted octanol–water partition coefficient (Wildman–Crippen LogP) is 3.23. The Balaban J connectivity index is 3.14. The van der Waals surface area contributed by atoms with Crippen LogP contribution in [-0.4, -0.2) is 11.1 Å². The average molecular weight is 235 g/mol. The number of carboxylic acids is 1. The summed E-state index contributed by atoms with van der Waals surface area (Å²) in [5.74, 6) is -1.70. The third kappa shape index (κ3) is 2.72. The Labute approximate surface area is 89.6 Å². The molecule has 0 saturated carbocycles. The lowest BCUT2D eigenvalue weighted by Crippen LogP contribution is -1.87. The molecule has 0 aromatic heterocycles. The minimum absolute atomic E-state index is 0.0525.